The lowest BCUT2D eigenvalue weighted by molar-refractivity contribution is -0.131. The molecule has 24 heavy (non-hydrogen) atoms. The summed E-state index contributed by atoms with van der Waals surface area (Å²) in [7, 11) is 1.18. The summed E-state index contributed by atoms with van der Waals surface area (Å²) in [5, 5.41) is 0. The zero-order chi connectivity index (χ0) is 17.1. The summed E-state index contributed by atoms with van der Waals surface area (Å²) in [5.74, 6) is -1.37. The van der Waals surface area contributed by atoms with Crippen molar-refractivity contribution in [3.63, 3.8) is 0 Å². The van der Waals surface area contributed by atoms with Crippen molar-refractivity contribution < 1.29 is 23.5 Å². The van der Waals surface area contributed by atoms with E-state index in [1.165, 1.54) is 25.3 Å². The molecule has 0 radical (unpaired) electrons. The Labute approximate surface area is 136 Å². The Morgan fingerprint density at radius 2 is 2.08 bits per heavy atom. The molecule has 0 fully saturated rings. The Morgan fingerprint density at radius 3 is 2.83 bits per heavy atom. The molecule has 1 atom stereocenters. The molecule has 4 rings (SSSR count). The highest BCUT2D eigenvalue weighted by Gasteiger charge is 2.53. The van der Waals surface area contributed by atoms with E-state index in [1.807, 2.05) is 0 Å². The summed E-state index contributed by atoms with van der Waals surface area (Å²) in [6, 6.07) is 1.42. The fourth-order valence-electron chi connectivity index (χ4n) is 3.80. The number of methoxy groups -OCH3 is 1. The molecule has 0 saturated carbocycles. The zero-order valence-corrected chi connectivity index (χ0v) is 12.8. The van der Waals surface area contributed by atoms with Gasteiger partial charge in [0.2, 0.25) is 11.7 Å². The van der Waals surface area contributed by atoms with Gasteiger partial charge in [-0.2, -0.15) is 0 Å². The van der Waals surface area contributed by atoms with Gasteiger partial charge in [-0.1, -0.05) is 6.08 Å². The Bertz CT molecular complexity index is 921. The van der Waals surface area contributed by atoms with Crippen LogP contribution in [0.2, 0.25) is 0 Å². The minimum Gasteiger partial charge on any atom is -0.463 e. The molecule has 1 aromatic rings. The number of rotatable bonds is 1. The molecule has 0 N–H and O–H groups in total. The van der Waals surface area contributed by atoms with Crippen LogP contribution < -0.4 is 5.63 Å². The molecule has 122 valence electrons. The first-order valence-electron chi connectivity index (χ1n) is 7.48. The first-order chi connectivity index (χ1) is 11.5. The van der Waals surface area contributed by atoms with Crippen molar-refractivity contribution in [3.8, 4) is 0 Å². The van der Waals surface area contributed by atoms with Crippen molar-refractivity contribution in [1.29, 1.82) is 0 Å². The highest BCUT2D eigenvalue weighted by atomic mass is 16.5. The molecule has 0 aromatic carbocycles. The Morgan fingerprint density at radius 1 is 1.29 bits per heavy atom. The van der Waals surface area contributed by atoms with E-state index in [9.17, 15) is 19.2 Å². The number of ether oxygens (including phenoxy) is 1. The number of nitrogens with zero attached hydrogens (tertiary/aromatic N) is 1. The third-order valence-electron chi connectivity index (χ3n) is 4.83. The van der Waals surface area contributed by atoms with Crippen LogP contribution in [0, 0.1) is 0 Å². The SMILES string of the molecule is COC(=O)c1cc2c(c(=O)o1)CCN1C(=O)C=C3C=CC(=O)CC321. The maximum absolute atomic E-state index is 12.4. The van der Waals surface area contributed by atoms with Crippen LogP contribution in [0.5, 0.6) is 0 Å². The monoisotopic (exact) mass is 327 g/mol. The van der Waals surface area contributed by atoms with Gasteiger partial charge in [-0.15, -0.1) is 0 Å². The van der Waals surface area contributed by atoms with E-state index in [4.69, 9.17) is 4.42 Å². The lowest BCUT2D eigenvalue weighted by Crippen LogP contribution is -2.53. The largest absolute Gasteiger partial charge is 0.463 e. The number of carbonyl (C=O) groups excluding carboxylic acids is 3. The molecule has 1 aliphatic carbocycles. The fraction of sp³-hybridized carbons (Fsp3) is 0.294. The van der Waals surface area contributed by atoms with Crippen molar-refractivity contribution in [2.45, 2.75) is 18.4 Å². The van der Waals surface area contributed by atoms with Crippen LogP contribution in [0.3, 0.4) is 0 Å². The third-order valence-corrected chi connectivity index (χ3v) is 4.83. The number of esters is 1. The Balaban J connectivity index is 2.02. The van der Waals surface area contributed by atoms with Crippen LogP contribution in [-0.2, 0) is 26.3 Å². The van der Waals surface area contributed by atoms with Gasteiger partial charge < -0.3 is 14.1 Å². The van der Waals surface area contributed by atoms with Gasteiger partial charge in [-0.25, -0.2) is 9.59 Å². The van der Waals surface area contributed by atoms with E-state index in [-0.39, 0.29) is 23.9 Å². The molecule has 3 aliphatic rings. The van der Waals surface area contributed by atoms with Crippen molar-refractivity contribution in [2.75, 3.05) is 13.7 Å². The number of amides is 1. The smallest absolute Gasteiger partial charge is 0.374 e. The molecule has 3 heterocycles. The van der Waals surface area contributed by atoms with E-state index in [2.05, 4.69) is 4.74 Å². The van der Waals surface area contributed by atoms with E-state index < -0.39 is 17.1 Å². The minimum absolute atomic E-state index is 0.0398. The molecular formula is C17H13NO6. The molecule has 1 spiro atoms. The Hall–Kier alpha value is -2.96. The van der Waals surface area contributed by atoms with Gasteiger partial charge in [0, 0.05) is 24.6 Å². The van der Waals surface area contributed by atoms with E-state index in [0.717, 1.165) is 0 Å². The molecule has 1 aromatic heterocycles. The third kappa shape index (κ3) is 1.72. The van der Waals surface area contributed by atoms with Gasteiger partial charge >= 0.3 is 11.6 Å². The predicted octanol–water partition coefficient (Wildman–Crippen LogP) is 0.475. The number of hydrogen-bond donors (Lipinski definition) is 0. The van der Waals surface area contributed by atoms with E-state index >= 15 is 0 Å². The quantitative estimate of drug-likeness (QED) is 0.696. The van der Waals surface area contributed by atoms with Crippen LogP contribution >= 0.6 is 0 Å². The van der Waals surface area contributed by atoms with Crippen molar-refractivity contribution in [2.24, 2.45) is 0 Å². The average Bonchev–Trinajstić information content (AvgIpc) is 2.86. The van der Waals surface area contributed by atoms with Crippen molar-refractivity contribution >= 4 is 17.7 Å². The van der Waals surface area contributed by atoms with Crippen LogP contribution in [0.25, 0.3) is 0 Å². The van der Waals surface area contributed by atoms with Crippen LogP contribution in [0.4, 0.5) is 0 Å². The van der Waals surface area contributed by atoms with Crippen LogP contribution in [0.15, 0.2) is 39.1 Å². The van der Waals surface area contributed by atoms with Gasteiger partial charge in [-0.05, 0) is 29.7 Å². The minimum atomic E-state index is -1.03. The van der Waals surface area contributed by atoms with Crippen molar-refractivity contribution in [3.05, 3.63) is 57.2 Å². The molecule has 7 heteroatoms. The Kier molecular flexibility index (Phi) is 2.90. The normalized spacial score (nSPS) is 24.2. The lowest BCUT2D eigenvalue weighted by atomic mass is 9.72. The summed E-state index contributed by atoms with van der Waals surface area (Å²) in [4.78, 5) is 50.2. The molecule has 0 saturated heterocycles. The second-order valence-electron chi connectivity index (χ2n) is 5.96. The highest BCUT2D eigenvalue weighted by Crippen LogP contribution is 2.49. The maximum Gasteiger partial charge on any atom is 0.374 e. The standard InChI is InChI=1S/C17H13NO6/c1-23-16(22)13-7-12-11(15(21)24-13)4-5-18-14(20)6-9-2-3-10(19)8-17(9,12)18/h2-3,6-7H,4-5,8H2,1H3. The molecule has 2 aliphatic heterocycles. The van der Waals surface area contributed by atoms with Gasteiger partial charge in [0.15, 0.2) is 5.78 Å². The zero-order valence-electron chi connectivity index (χ0n) is 12.8. The maximum atomic E-state index is 12.4. The summed E-state index contributed by atoms with van der Waals surface area (Å²) in [5.41, 5.74) is -0.158. The van der Waals surface area contributed by atoms with E-state index in [0.29, 0.717) is 29.7 Å². The molecule has 0 bridgehead atoms. The number of carbonyl (C=O) groups is 3. The summed E-state index contributed by atoms with van der Waals surface area (Å²) in [6.45, 7) is 0.315. The van der Waals surface area contributed by atoms with Gasteiger partial charge in [0.1, 0.15) is 5.54 Å². The summed E-state index contributed by atoms with van der Waals surface area (Å²) >= 11 is 0. The highest BCUT2D eigenvalue weighted by molar-refractivity contribution is 6.01. The molecule has 1 amide bonds. The average molecular weight is 327 g/mol. The summed E-state index contributed by atoms with van der Waals surface area (Å²) < 4.78 is 9.67. The molecule has 1 unspecified atom stereocenters. The fourth-order valence-corrected chi connectivity index (χ4v) is 3.80. The first-order valence-corrected chi connectivity index (χ1v) is 7.48. The number of allylic oxidation sites excluding steroid dienone is 1. The summed E-state index contributed by atoms with van der Waals surface area (Å²) in [6.07, 6.45) is 4.86. The van der Waals surface area contributed by atoms with Crippen LogP contribution in [-0.4, -0.2) is 36.2 Å². The lowest BCUT2D eigenvalue weighted by Gasteiger charge is -2.45. The van der Waals surface area contributed by atoms with Gasteiger partial charge in [0.05, 0.1) is 7.11 Å². The van der Waals surface area contributed by atoms with E-state index in [1.54, 1.807) is 11.0 Å². The number of fused-ring (bicyclic) bond motifs is 1. The first kappa shape index (κ1) is 14.6. The second-order valence-corrected chi connectivity index (χ2v) is 5.96. The number of ketones is 1. The number of hydrogen-bond acceptors (Lipinski definition) is 6. The topological polar surface area (TPSA) is 93.9 Å². The van der Waals surface area contributed by atoms with Gasteiger partial charge in [-0.3, -0.25) is 9.59 Å². The second kappa shape index (κ2) is 4.77. The van der Waals surface area contributed by atoms with Crippen molar-refractivity contribution in [1.82, 2.24) is 4.90 Å². The molecule has 7 nitrogen and oxygen atoms in total. The van der Waals surface area contributed by atoms with Gasteiger partial charge in [0.25, 0.3) is 0 Å². The van der Waals surface area contributed by atoms with Crippen LogP contribution in [0.1, 0.15) is 28.1 Å². The molecular weight excluding hydrogens is 314 g/mol. The predicted molar refractivity (Wildman–Crippen MR) is 80.3 cm³/mol.